The molecule has 0 spiro atoms. The maximum Gasteiger partial charge on any atom is 0.264 e. The van der Waals surface area contributed by atoms with E-state index in [4.69, 9.17) is 0 Å². The molecule has 2 unspecified atom stereocenters. The zero-order valence-electron chi connectivity index (χ0n) is 14.7. The SMILES string of the molecule is CC1CCc2sc(C(=O)N3CCN(C4CCS(=O)(=O)C4)CC3)cc2C1. The molecule has 0 saturated carbocycles. The van der Waals surface area contributed by atoms with Crippen molar-refractivity contribution in [1.29, 1.82) is 0 Å². The summed E-state index contributed by atoms with van der Waals surface area (Å²) in [6.07, 6.45) is 4.18. The molecule has 138 valence electrons. The topological polar surface area (TPSA) is 57.7 Å². The van der Waals surface area contributed by atoms with Crippen molar-refractivity contribution in [3.63, 3.8) is 0 Å². The number of hydrogen-bond donors (Lipinski definition) is 0. The van der Waals surface area contributed by atoms with Gasteiger partial charge >= 0.3 is 0 Å². The molecule has 25 heavy (non-hydrogen) atoms. The zero-order chi connectivity index (χ0) is 17.6. The molecule has 2 aliphatic heterocycles. The van der Waals surface area contributed by atoms with E-state index in [-0.39, 0.29) is 17.7 Å². The highest BCUT2D eigenvalue weighted by molar-refractivity contribution is 7.91. The Hall–Kier alpha value is -0.920. The minimum Gasteiger partial charge on any atom is -0.335 e. The number of aryl methyl sites for hydroxylation is 1. The first kappa shape index (κ1) is 17.5. The molecule has 4 rings (SSSR count). The van der Waals surface area contributed by atoms with E-state index in [1.54, 1.807) is 11.3 Å². The van der Waals surface area contributed by atoms with E-state index in [2.05, 4.69) is 17.9 Å². The summed E-state index contributed by atoms with van der Waals surface area (Å²) in [5, 5.41) is 0. The number of thiophene rings is 1. The number of nitrogens with zero attached hydrogens (tertiary/aromatic N) is 2. The molecule has 1 aliphatic carbocycles. The lowest BCUT2D eigenvalue weighted by molar-refractivity contribution is 0.0592. The average molecular weight is 383 g/mol. The van der Waals surface area contributed by atoms with E-state index >= 15 is 0 Å². The van der Waals surface area contributed by atoms with Gasteiger partial charge in [0.1, 0.15) is 0 Å². The van der Waals surface area contributed by atoms with Crippen LogP contribution in [0.3, 0.4) is 0 Å². The van der Waals surface area contributed by atoms with Crippen molar-refractivity contribution >= 4 is 27.1 Å². The van der Waals surface area contributed by atoms with Crippen LogP contribution in [-0.2, 0) is 22.7 Å². The van der Waals surface area contributed by atoms with Gasteiger partial charge in [0.15, 0.2) is 9.84 Å². The summed E-state index contributed by atoms with van der Waals surface area (Å²) >= 11 is 1.68. The second-order valence-corrected chi connectivity index (χ2v) is 11.2. The third-order valence-electron chi connectivity index (χ3n) is 5.87. The van der Waals surface area contributed by atoms with Gasteiger partial charge in [-0.3, -0.25) is 9.69 Å². The number of carbonyl (C=O) groups excluding carboxylic acids is 1. The van der Waals surface area contributed by atoms with Crippen LogP contribution >= 0.6 is 11.3 Å². The Labute approximate surface area is 153 Å². The standard InChI is InChI=1S/C18H26N2O3S2/c1-13-2-3-16-14(10-13)11-17(24-16)18(21)20-7-5-19(6-8-20)15-4-9-25(22,23)12-15/h11,13,15H,2-10,12H2,1H3. The summed E-state index contributed by atoms with van der Waals surface area (Å²) in [4.78, 5) is 19.3. The van der Waals surface area contributed by atoms with Gasteiger partial charge in [0.2, 0.25) is 0 Å². The quantitative estimate of drug-likeness (QED) is 0.783. The molecular weight excluding hydrogens is 356 g/mol. The van der Waals surface area contributed by atoms with Crippen LogP contribution in [0.5, 0.6) is 0 Å². The zero-order valence-corrected chi connectivity index (χ0v) is 16.4. The van der Waals surface area contributed by atoms with E-state index < -0.39 is 9.84 Å². The molecule has 0 aromatic carbocycles. The van der Waals surface area contributed by atoms with Crippen molar-refractivity contribution in [1.82, 2.24) is 9.80 Å². The van der Waals surface area contributed by atoms with Crippen molar-refractivity contribution in [2.75, 3.05) is 37.7 Å². The Balaban J connectivity index is 1.37. The Kier molecular flexibility index (Phi) is 4.67. The average Bonchev–Trinajstić information content (AvgIpc) is 3.17. The molecule has 3 heterocycles. The van der Waals surface area contributed by atoms with Crippen molar-refractivity contribution in [2.24, 2.45) is 5.92 Å². The number of piperazine rings is 1. The maximum absolute atomic E-state index is 12.9. The van der Waals surface area contributed by atoms with Gasteiger partial charge in [0, 0.05) is 37.1 Å². The molecule has 2 fully saturated rings. The van der Waals surface area contributed by atoms with Crippen LogP contribution in [0.1, 0.15) is 39.9 Å². The minimum atomic E-state index is -2.84. The lowest BCUT2D eigenvalue weighted by Gasteiger charge is -2.37. The number of amides is 1. The molecule has 0 radical (unpaired) electrons. The lowest BCUT2D eigenvalue weighted by atomic mass is 9.90. The summed E-state index contributed by atoms with van der Waals surface area (Å²) in [5.74, 6) is 1.48. The molecule has 0 N–H and O–H groups in total. The van der Waals surface area contributed by atoms with Crippen molar-refractivity contribution < 1.29 is 13.2 Å². The Morgan fingerprint density at radius 1 is 1.20 bits per heavy atom. The van der Waals surface area contributed by atoms with Gasteiger partial charge < -0.3 is 4.90 Å². The minimum absolute atomic E-state index is 0.151. The Morgan fingerprint density at radius 3 is 2.64 bits per heavy atom. The smallest absolute Gasteiger partial charge is 0.264 e. The highest BCUT2D eigenvalue weighted by Crippen LogP contribution is 2.33. The predicted octanol–water partition coefficient (Wildman–Crippen LogP) is 1.82. The largest absolute Gasteiger partial charge is 0.335 e. The monoisotopic (exact) mass is 382 g/mol. The first-order valence-electron chi connectivity index (χ1n) is 9.26. The van der Waals surface area contributed by atoms with Gasteiger partial charge in [0.05, 0.1) is 16.4 Å². The van der Waals surface area contributed by atoms with Gasteiger partial charge in [-0.15, -0.1) is 11.3 Å². The fraction of sp³-hybridized carbons (Fsp3) is 0.722. The molecular formula is C18H26N2O3S2. The van der Waals surface area contributed by atoms with Crippen LogP contribution in [0.2, 0.25) is 0 Å². The number of rotatable bonds is 2. The molecule has 3 aliphatic rings. The second kappa shape index (κ2) is 6.67. The number of carbonyl (C=O) groups is 1. The van der Waals surface area contributed by atoms with Crippen molar-refractivity contribution in [2.45, 2.75) is 38.6 Å². The Morgan fingerprint density at radius 2 is 1.96 bits per heavy atom. The van der Waals surface area contributed by atoms with E-state index in [1.165, 1.54) is 16.9 Å². The van der Waals surface area contributed by atoms with Gasteiger partial charge in [-0.2, -0.15) is 0 Å². The summed E-state index contributed by atoms with van der Waals surface area (Å²) in [6.45, 7) is 5.26. The Bertz CT molecular complexity index is 763. The van der Waals surface area contributed by atoms with Crippen LogP contribution in [0, 0.1) is 5.92 Å². The number of sulfone groups is 1. The molecule has 2 saturated heterocycles. The van der Waals surface area contributed by atoms with E-state index in [0.717, 1.165) is 43.1 Å². The van der Waals surface area contributed by atoms with E-state index in [9.17, 15) is 13.2 Å². The maximum atomic E-state index is 12.9. The normalized spacial score (nSPS) is 29.6. The van der Waals surface area contributed by atoms with Crippen LogP contribution in [-0.4, -0.2) is 67.9 Å². The number of hydrogen-bond acceptors (Lipinski definition) is 5. The third kappa shape index (κ3) is 3.64. The molecule has 1 aromatic heterocycles. The molecule has 7 heteroatoms. The summed E-state index contributed by atoms with van der Waals surface area (Å²) in [6, 6.07) is 2.27. The van der Waals surface area contributed by atoms with Gasteiger partial charge in [-0.25, -0.2) is 8.42 Å². The highest BCUT2D eigenvalue weighted by Gasteiger charge is 2.34. The second-order valence-electron chi connectivity index (χ2n) is 7.79. The predicted molar refractivity (Wildman–Crippen MR) is 100 cm³/mol. The van der Waals surface area contributed by atoms with Gasteiger partial charge in [0.25, 0.3) is 5.91 Å². The van der Waals surface area contributed by atoms with E-state index in [0.29, 0.717) is 18.8 Å². The molecule has 5 nitrogen and oxygen atoms in total. The fourth-order valence-electron chi connectivity index (χ4n) is 4.32. The molecule has 1 amide bonds. The lowest BCUT2D eigenvalue weighted by Crippen LogP contribution is -2.52. The summed E-state index contributed by atoms with van der Waals surface area (Å²) in [5.41, 5.74) is 1.38. The summed E-state index contributed by atoms with van der Waals surface area (Å²) in [7, 11) is -2.84. The van der Waals surface area contributed by atoms with Crippen LogP contribution in [0.4, 0.5) is 0 Å². The van der Waals surface area contributed by atoms with Gasteiger partial charge in [-0.05, 0) is 43.2 Å². The van der Waals surface area contributed by atoms with Crippen LogP contribution in [0.25, 0.3) is 0 Å². The molecule has 2 atom stereocenters. The molecule has 1 aromatic rings. The van der Waals surface area contributed by atoms with Crippen LogP contribution < -0.4 is 0 Å². The molecule has 0 bridgehead atoms. The fourth-order valence-corrected chi connectivity index (χ4v) is 7.26. The number of fused-ring (bicyclic) bond motifs is 1. The third-order valence-corrected chi connectivity index (χ3v) is 8.84. The van der Waals surface area contributed by atoms with Crippen molar-refractivity contribution in [3.8, 4) is 0 Å². The van der Waals surface area contributed by atoms with Crippen molar-refractivity contribution in [3.05, 3.63) is 21.4 Å². The first-order chi connectivity index (χ1) is 11.9. The highest BCUT2D eigenvalue weighted by atomic mass is 32.2. The van der Waals surface area contributed by atoms with Gasteiger partial charge in [-0.1, -0.05) is 6.92 Å². The van der Waals surface area contributed by atoms with E-state index in [1.807, 2.05) is 4.90 Å². The first-order valence-corrected chi connectivity index (χ1v) is 11.9. The summed E-state index contributed by atoms with van der Waals surface area (Å²) < 4.78 is 23.3. The van der Waals surface area contributed by atoms with Crippen LogP contribution in [0.15, 0.2) is 6.07 Å².